The Morgan fingerprint density at radius 2 is 2.07 bits per heavy atom. The van der Waals surface area contributed by atoms with Gasteiger partial charge in [-0.25, -0.2) is 9.18 Å². The van der Waals surface area contributed by atoms with Crippen molar-refractivity contribution in [3.63, 3.8) is 0 Å². The number of benzene rings is 2. The highest BCUT2D eigenvalue weighted by Gasteiger charge is 2.22. The van der Waals surface area contributed by atoms with Crippen LogP contribution in [0.2, 0.25) is 0 Å². The van der Waals surface area contributed by atoms with Crippen LogP contribution in [0.1, 0.15) is 19.4 Å². The van der Waals surface area contributed by atoms with E-state index in [1.807, 2.05) is 44.2 Å². The third-order valence-corrected chi connectivity index (χ3v) is 4.98. The van der Waals surface area contributed by atoms with Crippen LogP contribution in [0.4, 0.5) is 9.18 Å². The molecule has 0 unspecified atom stereocenters. The van der Waals surface area contributed by atoms with Gasteiger partial charge in [-0.05, 0) is 23.6 Å². The van der Waals surface area contributed by atoms with E-state index < -0.39 is 11.9 Å². The van der Waals surface area contributed by atoms with Crippen molar-refractivity contribution in [2.45, 2.75) is 24.5 Å². The van der Waals surface area contributed by atoms with Gasteiger partial charge in [-0.2, -0.15) is 4.68 Å². The topological polar surface area (TPSA) is 53.4 Å². The summed E-state index contributed by atoms with van der Waals surface area (Å²) in [5, 5.41) is 4.20. The fraction of sp³-hybridized carbons (Fsp3) is 0.273. The highest BCUT2D eigenvalue weighted by Crippen LogP contribution is 2.33. The predicted octanol–water partition coefficient (Wildman–Crippen LogP) is 5.12. The number of nitrogens with zero attached hydrogens (tertiary/aromatic N) is 2. The summed E-state index contributed by atoms with van der Waals surface area (Å²) in [6.45, 7) is 3.99. The molecule has 7 heteroatoms. The highest BCUT2D eigenvalue weighted by molar-refractivity contribution is 7.98. The number of halogens is 1. The summed E-state index contributed by atoms with van der Waals surface area (Å²) in [6.07, 6.45) is 4.54. The minimum atomic E-state index is -0.691. The van der Waals surface area contributed by atoms with Crippen LogP contribution in [0, 0.1) is 24.1 Å². The van der Waals surface area contributed by atoms with E-state index in [0.717, 1.165) is 10.2 Å². The predicted molar refractivity (Wildman–Crippen MR) is 112 cm³/mol. The molecule has 0 saturated heterocycles. The van der Waals surface area contributed by atoms with E-state index in [4.69, 9.17) is 15.9 Å². The van der Waals surface area contributed by atoms with Gasteiger partial charge < -0.3 is 9.47 Å². The first kappa shape index (κ1) is 20.7. The van der Waals surface area contributed by atoms with Gasteiger partial charge in [-0.1, -0.05) is 50.1 Å². The van der Waals surface area contributed by atoms with Crippen molar-refractivity contribution in [2.24, 2.45) is 5.92 Å². The van der Waals surface area contributed by atoms with E-state index in [-0.39, 0.29) is 35.9 Å². The third-order valence-electron chi connectivity index (χ3n) is 3.93. The lowest BCUT2D eigenvalue weighted by Crippen LogP contribution is -2.17. The van der Waals surface area contributed by atoms with E-state index in [9.17, 15) is 9.18 Å². The SMILES string of the molecule is C#CCOc1nn(C(=O)OCC(C)C)c2cc(SCc3ccccc3)cc(F)c12. The van der Waals surface area contributed by atoms with Gasteiger partial charge in [0.25, 0.3) is 0 Å². The monoisotopic (exact) mass is 412 g/mol. The zero-order valence-electron chi connectivity index (χ0n) is 16.2. The molecule has 1 aromatic heterocycles. The van der Waals surface area contributed by atoms with Gasteiger partial charge >= 0.3 is 6.09 Å². The van der Waals surface area contributed by atoms with Crippen molar-refractivity contribution in [3.8, 4) is 18.2 Å². The minimum Gasteiger partial charge on any atom is -0.463 e. The molecule has 0 fully saturated rings. The van der Waals surface area contributed by atoms with Crippen LogP contribution >= 0.6 is 11.8 Å². The van der Waals surface area contributed by atoms with E-state index in [0.29, 0.717) is 10.6 Å². The molecule has 3 rings (SSSR count). The van der Waals surface area contributed by atoms with Crippen LogP contribution < -0.4 is 4.74 Å². The van der Waals surface area contributed by atoms with Crippen LogP contribution in [0.3, 0.4) is 0 Å². The molecule has 150 valence electrons. The Labute approximate surface area is 173 Å². The Balaban J connectivity index is 1.96. The fourth-order valence-corrected chi connectivity index (χ4v) is 3.52. The first-order chi connectivity index (χ1) is 14.0. The second-order valence-electron chi connectivity index (χ2n) is 6.75. The molecule has 2 aromatic carbocycles. The van der Waals surface area contributed by atoms with Crippen molar-refractivity contribution >= 4 is 28.8 Å². The summed E-state index contributed by atoms with van der Waals surface area (Å²) >= 11 is 1.46. The molecular formula is C22H21FN2O3S. The van der Waals surface area contributed by atoms with Crippen LogP contribution in [0.25, 0.3) is 10.9 Å². The Bertz CT molecular complexity index is 1040. The molecule has 0 spiro atoms. The number of hydrogen-bond donors (Lipinski definition) is 0. The molecule has 0 radical (unpaired) electrons. The number of thioether (sulfide) groups is 1. The van der Waals surface area contributed by atoms with Gasteiger partial charge in [-0.3, -0.25) is 0 Å². The number of fused-ring (bicyclic) bond motifs is 1. The first-order valence-corrected chi connectivity index (χ1v) is 10.1. The lowest BCUT2D eigenvalue weighted by Gasteiger charge is -2.08. The first-order valence-electron chi connectivity index (χ1n) is 9.12. The van der Waals surface area contributed by atoms with Gasteiger partial charge in [0.05, 0.1) is 12.1 Å². The summed E-state index contributed by atoms with van der Waals surface area (Å²) < 4.78 is 26.5. The van der Waals surface area contributed by atoms with E-state index in [2.05, 4.69) is 11.0 Å². The lowest BCUT2D eigenvalue weighted by atomic mass is 10.2. The summed E-state index contributed by atoms with van der Waals surface area (Å²) in [5.41, 5.74) is 1.39. The number of ether oxygens (including phenoxy) is 2. The zero-order chi connectivity index (χ0) is 20.8. The Morgan fingerprint density at radius 3 is 2.76 bits per heavy atom. The summed E-state index contributed by atoms with van der Waals surface area (Å²) in [6, 6.07) is 13.0. The van der Waals surface area contributed by atoms with Crippen molar-refractivity contribution in [1.82, 2.24) is 9.78 Å². The molecular weight excluding hydrogens is 391 g/mol. The molecule has 0 bridgehead atoms. The number of rotatable bonds is 7. The van der Waals surface area contributed by atoms with E-state index >= 15 is 0 Å². The molecule has 0 aliphatic heterocycles. The molecule has 1 heterocycles. The summed E-state index contributed by atoms with van der Waals surface area (Å²) in [7, 11) is 0. The van der Waals surface area contributed by atoms with Crippen molar-refractivity contribution in [3.05, 3.63) is 53.8 Å². The average Bonchev–Trinajstić information content (AvgIpc) is 3.09. The van der Waals surface area contributed by atoms with Crippen LogP contribution in [0.15, 0.2) is 47.4 Å². The lowest BCUT2D eigenvalue weighted by molar-refractivity contribution is 0.132. The summed E-state index contributed by atoms with van der Waals surface area (Å²) in [4.78, 5) is 13.2. The zero-order valence-corrected chi connectivity index (χ0v) is 17.0. The summed E-state index contributed by atoms with van der Waals surface area (Å²) in [5.74, 6) is 2.57. The Kier molecular flexibility index (Phi) is 6.78. The Morgan fingerprint density at radius 1 is 1.31 bits per heavy atom. The Hall–Kier alpha value is -2.98. The smallest absolute Gasteiger partial charge is 0.435 e. The number of carbonyl (C=O) groups excluding carboxylic acids is 1. The van der Waals surface area contributed by atoms with Gasteiger partial charge in [0.2, 0.25) is 5.88 Å². The molecule has 29 heavy (non-hydrogen) atoms. The second kappa shape index (κ2) is 9.48. The largest absolute Gasteiger partial charge is 0.463 e. The average molecular weight is 412 g/mol. The molecule has 5 nitrogen and oxygen atoms in total. The van der Waals surface area contributed by atoms with Crippen LogP contribution in [0.5, 0.6) is 5.88 Å². The number of hydrogen-bond acceptors (Lipinski definition) is 5. The molecule has 0 N–H and O–H groups in total. The quantitative estimate of drug-likeness (QED) is 0.398. The minimum absolute atomic E-state index is 0.0310. The third kappa shape index (κ3) is 5.09. The van der Waals surface area contributed by atoms with E-state index in [1.54, 1.807) is 6.07 Å². The molecule has 0 atom stereocenters. The van der Waals surface area contributed by atoms with Gasteiger partial charge in [0, 0.05) is 10.6 Å². The number of carbonyl (C=O) groups is 1. The van der Waals surface area contributed by atoms with Crippen LogP contribution in [-0.2, 0) is 10.5 Å². The maximum atomic E-state index is 14.9. The van der Waals surface area contributed by atoms with Crippen molar-refractivity contribution in [2.75, 3.05) is 13.2 Å². The van der Waals surface area contributed by atoms with Gasteiger partial charge in [0.15, 0.2) is 6.61 Å². The second-order valence-corrected chi connectivity index (χ2v) is 7.80. The van der Waals surface area contributed by atoms with E-state index in [1.165, 1.54) is 17.8 Å². The molecule has 3 aromatic rings. The normalized spacial score (nSPS) is 10.9. The maximum absolute atomic E-state index is 14.9. The highest BCUT2D eigenvalue weighted by atomic mass is 32.2. The standard InChI is InChI=1S/C22H21FN2O3S/c1-4-10-27-21-20-18(23)11-17(29-14-16-8-6-5-7-9-16)12-19(20)25(24-21)22(26)28-13-15(2)3/h1,5-9,11-12,15H,10,13-14H2,2-3H3. The van der Waals surface area contributed by atoms with Gasteiger partial charge in [0.1, 0.15) is 11.2 Å². The van der Waals surface area contributed by atoms with Crippen molar-refractivity contribution < 1.29 is 18.7 Å². The van der Waals surface area contributed by atoms with Crippen molar-refractivity contribution in [1.29, 1.82) is 0 Å². The maximum Gasteiger partial charge on any atom is 0.435 e. The fourth-order valence-electron chi connectivity index (χ4n) is 2.62. The van der Waals surface area contributed by atoms with Crippen LogP contribution in [-0.4, -0.2) is 29.1 Å². The van der Waals surface area contributed by atoms with Gasteiger partial charge in [-0.15, -0.1) is 23.3 Å². The molecule has 0 saturated carbocycles. The number of terminal acetylenes is 1. The molecule has 0 aliphatic carbocycles. The number of aromatic nitrogens is 2. The molecule has 0 aliphatic rings. The molecule has 0 amide bonds.